The van der Waals surface area contributed by atoms with Gasteiger partial charge in [0.15, 0.2) is 0 Å². The first-order valence-corrected chi connectivity index (χ1v) is 9.20. The number of thioether (sulfide) groups is 1. The number of hydrogen-bond acceptors (Lipinski definition) is 4. The van der Waals surface area contributed by atoms with Crippen molar-refractivity contribution < 1.29 is 9.59 Å². The number of nitrogens with zero attached hydrogens (tertiary/aromatic N) is 2. The molecule has 130 valence electrons. The fourth-order valence-corrected chi connectivity index (χ4v) is 3.92. The summed E-state index contributed by atoms with van der Waals surface area (Å²) in [5.74, 6) is -0.328. The number of nitriles is 1. The van der Waals surface area contributed by atoms with Crippen LogP contribution in [0.4, 0.5) is 4.79 Å². The highest BCUT2D eigenvalue weighted by Gasteiger charge is 2.35. The Bertz CT molecular complexity index is 1140. The van der Waals surface area contributed by atoms with Crippen LogP contribution in [0.5, 0.6) is 0 Å². The molecular formula is C22H14N2O2S. The maximum Gasteiger partial charge on any atom is 0.293 e. The highest BCUT2D eigenvalue weighted by atomic mass is 32.2. The van der Waals surface area contributed by atoms with Crippen molar-refractivity contribution in [1.29, 1.82) is 5.26 Å². The third-order valence-electron chi connectivity index (χ3n) is 4.45. The van der Waals surface area contributed by atoms with Crippen LogP contribution in [0.1, 0.15) is 16.7 Å². The summed E-state index contributed by atoms with van der Waals surface area (Å²) in [6, 6.07) is 22.9. The Morgan fingerprint density at radius 2 is 1.70 bits per heavy atom. The van der Waals surface area contributed by atoms with Crippen LogP contribution in [0.2, 0.25) is 0 Å². The quantitative estimate of drug-likeness (QED) is 0.612. The Labute approximate surface area is 160 Å². The Kier molecular flexibility index (Phi) is 4.49. The van der Waals surface area contributed by atoms with Crippen LogP contribution in [0, 0.1) is 11.3 Å². The van der Waals surface area contributed by atoms with Gasteiger partial charge in [0.05, 0.1) is 23.1 Å². The van der Waals surface area contributed by atoms with Gasteiger partial charge in [0, 0.05) is 0 Å². The van der Waals surface area contributed by atoms with Gasteiger partial charge in [-0.25, -0.2) is 0 Å². The fourth-order valence-electron chi connectivity index (χ4n) is 3.09. The first-order chi connectivity index (χ1) is 13.2. The molecule has 1 heterocycles. The van der Waals surface area contributed by atoms with Gasteiger partial charge in [-0.3, -0.25) is 14.5 Å². The van der Waals surface area contributed by atoms with Crippen molar-refractivity contribution >= 4 is 39.8 Å². The zero-order valence-corrected chi connectivity index (χ0v) is 15.1. The molecule has 1 aliphatic heterocycles. The van der Waals surface area contributed by atoms with Crippen LogP contribution < -0.4 is 0 Å². The molecule has 2 amide bonds. The second-order valence-corrected chi connectivity index (χ2v) is 7.10. The summed E-state index contributed by atoms with van der Waals surface area (Å²) in [5.41, 5.74) is 2.03. The highest BCUT2D eigenvalue weighted by Crippen LogP contribution is 2.34. The van der Waals surface area contributed by atoms with Crippen LogP contribution in [0.15, 0.2) is 71.6 Å². The molecule has 0 unspecified atom stereocenters. The Balaban J connectivity index is 1.67. The van der Waals surface area contributed by atoms with Crippen molar-refractivity contribution in [3.05, 3.63) is 88.3 Å². The molecule has 1 aliphatic rings. The van der Waals surface area contributed by atoms with Crippen molar-refractivity contribution in [2.45, 2.75) is 6.54 Å². The monoisotopic (exact) mass is 370 g/mol. The predicted octanol–water partition coefficient (Wildman–Crippen LogP) is 4.95. The molecule has 0 saturated carbocycles. The van der Waals surface area contributed by atoms with Gasteiger partial charge >= 0.3 is 0 Å². The van der Waals surface area contributed by atoms with E-state index in [1.807, 2.05) is 42.5 Å². The Morgan fingerprint density at radius 1 is 0.963 bits per heavy atom. The number of rotatable bonds is 3. The molecule has 0 aliphatic carbocycles. The molecule has 3 aromatic carbocycles. The minimum atomic E-state index is -0.328. The summed E-state index contributed by atoms with van der Waals surface area (Å²) in [6.45, 7) is 0.0985. The summed E-state index contributed by atoms with van der Waals surface area (Å²) < 4.78 is 0. The van der Waals surface area contributed by atoms with Crippen LogP contribution in [0.3, 0.4) is 0 Å². The lowest BCUT2D eigenvalue weighted by Crippen LogP contribution is -2.27. The van der Waals surface area contributed by atoms with Gasteiger partial charge < -0.3 is 0 Å². The van der Waals surface area contributed by atoms with Crippen molar-refractivity contribution in [3.8, 4) is 6.07 Å². The normalized spacial score (nSPS) is 15.5. The van der Waals surface area contributed by atoms with E-state index in [-0.39, 0.29) is 17.7 Å². The van der Waals surface area contributed by atoms with Crippen molar-refractivity contribution in [2.75, 3.05) is 0 Å². The molecule has 5 heteroatoms. The number of amides is 2. The van der Waals surface area contributed by atoms with Gasteiger partial charge in [-0.15, -0.1) is 0 Å². The van der Waals surface area contributed by atoms with Gasteiger partial charge in [0.25, 0.3) is 11.1 Å². The molecular weight excluding hydrogens is 356 g/mol. The summed E-state index contributed by atoms with van der Waals surface area (Å²) in [4.78, 5) is 26.8. The molecule has 0 aromatic heterocycles. The van der Waals surface area contributed by atoms with E-state index >= 15 is 0 Å². The topological polar surface area (TPSA) is 61.2 Å². The second kappa shape index (κ2) is 7.10. The summed E-state index contributed by atoms with van der Waals surface area (Å²) >= 11 is 0.934. The highest BCUT2D eigenvalue weighted by molar-refractivity contribution is 8.18. The van der Waals surface area contributed by atoms with Crippen LogP contribution >= 0.6 is 11.8 Å². The largest absolute Gasteiger partial charge is 0.293 e. The van der Waals surface area contributed by atoms with Gasteiger partial charge in [0.1, 0.15) is 0 Å². The lowest BCUT2D eigenvalue weighted by molar-refractivity contribution is -0.123. The molecule has 4 nitrogen and oxygen atoms in total. The van der Waals surface area contributed by atoms with Crippen LogP contribution in [0.25, 0.3) is 16.8 Å². The first kappa shape index (κ1) is 17.1. The van der Waals surface area contributed by atoms with Crippen molar-refractivity contribution in [1.82, 2.24) is 4.90 Å². The maximum absolute atomic E-state index is 12.8. The number of imide groups is 1. The fraction of sp³-hybridized carbons (Fsp3) is 0.0455. The maximum atomic E-state index is 12.8. The lowest BCUT2D eigenvalue weighted by Gasteiger charge is -2.13. The number of carbonyl (C=O) groups is 2. The van der Waals surface area contributed by atoms with Gasteiger partial charge in [-0.05, 0) is 45.8 Å². The Morgan fingerprint density at radius 3 is 2.56 bits per heavy atom. The summed E-state index contributed by atoms with van der Waals surface area (Å²) in [6.07, 6.45) is 1.77. The lowest BCUT2D eigenvalue weighted by atomic mass is 10.0. The number of fused-ring (bicyclic) bond motifs is 1. The zero-order valence-electron chi connectivity index (χ0n) is 14.3. The minimum Gasteiger partial charge on any atom is -0.268 e. The molecule has 4 rings (SSSR count). The minimum absolute atomic E-state index is 0.0985. The van der Waals surface area contributed by atoms with Gasteiger partial charge in [-0.1, -0.05) is 60.7 Å². The third-order valence-corrected chi connectivity index (χ3v) is 5.36. The Hall–Kier alpha value is -3.36. The van der Waals surface area contributed by atoms with Gasteiger partial charge in [-0.2, -0.15) is 5.26 Å². The molecule has 0 atom stereocenters. The van der Waals surface area contributed by atoms with Crippen molar-refractivity contribution in [3.63, 3.8) is 0 Å². The number of carbonyl (C=O) groups excluding carboxylic acids is 2. The SMILES string of the molecule is N#Cc1ccccc1CN1C(=O)S/C(=C/c2cccc3ccccc23)C1=O. The van der Waals surface area contributed by atoms with E-state index in [0.29, 0.717) is 16.0 Å². The molecule has 0 N–H and O–H groups in total. The van der Waals surface area contributed by atoms with Crippen LogP contribution in [-0.2, 0) is 11.3 Å². The third kappa shape index (κ3) is 3.23. The number of benzene rings is 3. The molecule has 27 heavy (non-hydrogen) atoms. The summed E-state index contributed by atoms with van der Waals surface area (Å²) in [7, 11) is 0. The molecule has 0 radical (unpaired) electrons. The van der Waals surface area contributed by atoms with E-state index < -0.39 is 0 Å². The zero-order chi connectivity index (χ0) is 18.8. The predicted molar refractivity (Wildman–Crippen MR) is 107 cm³/mol. The average Bonchev–Trinajstić information content (AvgIpc) is 2.96. The molecule has 0 spiro atoms. The van der Waals surface area contributed by atoms with E-state index in [2.05, 4.69) is 6.07 Å². The van der Waals surface area contributed by atoms with Crippen molar-refractivity contribution in [2.24, 2.45) is 0 Å². The molecule has 0 bridgehead atoms. The molecule has 1 saturated heterocycles. The van der Waals surface area contributed by atoms with E-state index in [4.69, 9.17) is 0 Å². The standard InChI is InChI=1S/C22H14N2O2S/c23-13-17-7-1-2-8-18(17)14-24-21(25)20(27-22(24)26)12-16-10-5-9-15-6-3-4-11-19(15)16/h1-12H,14H2/b20-12+. The molecule has 1 fully saturated rings. The summed E-state index contributed by atoms with van der Waals surface area (Å²) in [5, 5.41) is 11.0. The van der Waals surface area contributed by atoms with E-state index in [1.165, 1.54) is 4.90 Å². The van der Waals surface area contributed by atoms with Crippen LogP contribution in [-0.4, -0.2) is 16.0 Å². The second-order valence-electron chi connectivity index (χ2n) is 6.11. The van der Waals surface area contributed by atoms with E-state index in [0.717, 1.165) is 28.1 Å². The number of hydrogen-bond donors (Lipinski definition) is 0. The smallest absolute Gasteiger partial charge is 0.268 e. The molecule has 3 aromatic rings. The van der Waals surface area contributed by atoms with E-state index in [1.54, 1.807) is 30.3 Å². The first-order valence-electron chi connectivity index (χ1n) is 8.38. The van der Waals surface area contributed by atoms with Gasteiger partial charge in [0.2, 0.25) is 0 Å². The van der Waals surface area contributed by atoms with E-state index in [9.17, 15) is 14.9 Å². The average molecular weight is 370 g/mol.